The fraction of sp³-hybridized carbons (Fsp3) is 0.353. The number of nitrogens with zero attached hydrogens (tertiary/aromatic N) is 1. The summed E-state index contributed by atoms with van der Waals surface area (Å²) in [6, 6.07) is 11.5. The second-order valence-corrected chi connectivity index (χ2v) is 8.46. The number of anilines is 1. The monoisotopic (exact) mass is 382 g/mol. The van der Waals surface area contributed by atoms with Crippen LogP contribution in [0.25, 0.3) is 0 Å². The van der Waals surface area contributed by atoms with Crippen LogP contribution in [0, 0.1) is 0 Å². The number of carbonyl (C=O) groups is 1. The molecule has 1 atom stereocenters. The van der Waals surface area contributed by atoms with Crippen molar-refractivity contribution in [3.8, 4) is 0 Å². The molecule has 0 aliphatic carbocycles. The van der Waals surface area contributed by atoms with Gasteiger partial charge in [0, 0.05) is 12.3 Å². The number of furan rings is 1. The zero-order valence-electron chi connectivity index (χ0n) is 14.2. The molecule has 1 amide bonds. The predicted molar refractivity (Wildman–Crippen MR) is 101 cm³/mol. The lowest BCUT2D eigenvalue weighted by Gasteiger charge is -2.28. The van der Waals surface area contributed by atoms with Crippen LogP contribution >= 0.6 is 11.8 Å². The topological polar surface area (TPSA) is 79.6 Å². The summed E-state index contributed by atoms with van der Waals surface area (Å²) >= 11 is 1.63. The average Bonchev–Trinajstić information content (AvgIpc) is 3.07. The van der Waals surface area contributed by atoms with E-state index in [0.717, 1.165) is 22.1 Å². The fourth-order valence-electron chi connectivity index (χ4n) is 2.35. The van der Waals surface area contributed by atoms with Gasteiger partial charge in [-0.1, -0.05) is 18.2 Å². The molecule has 2 aromatic rings. The summed E-state index contributed by atoms with van der Waals surface area (Å²) in [5.41, 5.74) is 0.472. The van der Waals surface area contributed by atoms with Crippen molar-refractivity contribution in [3.05, 3.63) is 54.5 Å². The van der Waals surface area contributed by atoms with Gasteiger partial charge in [-0.25, -0.2) is 8.42 Å². The molecule has 0 saturated carbocycles. The zero-order valence-corrected chi connectivity index (χ0v) is 15.8. The van der Waals surface area contributed by atoms with Crippen LogP contribution < -0.4 is 9.62 Å². The summed E-state index contributed by atoms with van der Waals surface area (Å²) in [4.78, 5) is 12.4. The number of carbonyl (C=O) groups excluding carboxylic acids is 1. The first-order valence-electron chi connectivity index (χ1n) is 7.82. The van der Waals surface area contributed by atoms with Gasteiger partial charge in [-0.05, 0) is 31.2 Å². The number of rotatable bonds is 9. The summed E-state index contributed by atoms with van der Waals surface area (Å²) in [7, 11) is -3.57. The van der Waals surface area contributed by atoms with Crippen molar-refractivity contribution in [2.45, 2.75) is 18.7 Å². The summed E-state index contributed by atoms with van der Waals surface area (Å²) in [5.74, 6) is 2.01. The largest absolute Gasteiger partial charge is 0.468 e. The van der Waals surface area contributed by atoms with E-state index in [2.05, 4.69) is 5.32 Å². The van der Waals surface area contributed by atoms with E-state index in [4.69, 9.17) is 4.42 Å². The van der Waals surface area contributed by atoms with Gasteiger partial charge in [0.2, 0.25) is 15.9 Å². The SMILES string of the molecule is C[C@H](C(=O)NCCSCc1ccco1)N(c1ccccc1)S(C)(=O)=O. The molecule has 1 heterocycles. The first-order chi connectivity index (χ1) is 11.9. The van der Waals surface area contributed by atoms with Gasteiger partial charge in [-0.2, -0.15) is 11.8 Å². The Bertz CT molecular complexity index is 761. The van der Waals surface area contributed by atoms with Crippen molar-refractivity contribution in [1.82, 2.24) is 5.32 Å². The third kappa shape index (κ3) is 5.82. The number of thioether (sulfide) groups is 1. The molecule has 0 aliphatic heterocycles. The highest BCUT2D eigenvalue weighted by molar-refractivity contribution is 7.98. The Balaban J connectivity index is 1.88. The summed E-state index contributed by atoms with van der Waals surface area (Å²) in [6.45, 7) is 2.04. The van der Waals surface area contributed by atoms with Gasteiger partial charge < -0.3 is 9.73 Å². The number of para-hydroxylation sites is 1. The molecule has 1 aromatic carbocycles. The highest BCUT2D eigenvalue weighted by atomic mass is 32.2. The Morgan fingerprint density at radius 3 is 2.56 bits per heavy atom. The van der Waals surface area contributed by atoms with E-state index in [-0.39, 0.29) is 5.91 Å². The zero-order chi connectivity index (χ0) is 18.3. The smallest absolute Gasteiger partial charge is 0.243 e. The molecule has 2 rings (SSSR count). The first kappa shape index (κ1) is 19.4. The molecule has 0 fully saturated rings. The molecule has 6 nitrogen and oxygen atoms in total. The van der Waals surface area contributed by atoms with Gasteiger partial charge in [0.15, 0.2) is 0 Å². The second-order valence-electron chi connectivity index (χ2n) is 5.49. The average molecular weight is 383 g/mol. The molecule has 0 bridgehead atoms. The minimum absolute atomic E-state index is 0.326. The quantitative estimate of drug-likeness (QED) is 0.674. The van der Waals surface area contributed by atoms with Gasteiger partial charge in [0.25, 0.3) is 0 Å². The standard InChI is InChI=1S/C17H22N2O4S2/c1-14(19(25(2,21)22)15-7-4-3-5-8-15)17(20)18-10-12-24-13-16-9-6-11-23-16/h3-9,11,14H,10,12-13H2,1-2H3,(H,18,20)/t14-/m1/s1. The molecular formula is C17H22N2O4S2. The van der Waals surface area contributed by atoms with Crippen LogP contribution in [0.3, 0.4) is 0 Å². The lowest BCUT2D eigenvalue weighted by molar-refractivity contribution is -0.121. The van der Waals surface area contributed by atoms with E-state index in [1.165, 1.54) is 0 Å². The Morgan fingerprint density at radius 1 is 1.24 bits per heavy atom. The van der Waals surface area contributed by atoms with Crippen molar-refractivity contribution in [2.75, 3.05) is 22.9 Å². The lowest BCUT2D eigenvalue weighted by atomic mass is 10.2. The van der Waals surface area contributed by atoms with Gasteiger partial charge in [0.1, 0.15) is 11.8 Å². The molecule has 0 spiro atoms. The lowest BCUT2D eigenvalue weighted by Crippen LogP contribution is -2.48. The number of nitrogens with one attached hydrogen (secondary N) is 1. The van der Waals surface area contributed by atoms with Crippen molar-refractivity contribution >= 4 is 33.4 Å². The molecular weight excluding hydrogens is 360 g/mol. The van der Waals surface area contributed by atoms with Crippen molar-refractivity contribution < 1.29 is 17.6 Å². The normalized spacial score (nSPS) is 12.6. The maximum absolute atomic E-state index is 12.4. The Morgan fingerprint density at radius 2 is 1.96 bits per heavy atom. The maximum atomic E-state index is 12.4. The third-order valence-corrected chi connectivity index (χ3v) is 5.69. The molecule has 25 heavy (non-hydrogen) atoms. The molecule has 1 aromatic heterocycles. The van der Waals surface area contributed by atoms with E-state index >= 15 is 0 Å². The Hall–Kier alpha value is -1.93. The predicted octanol–water partition coefficient (Wildman–Crippen LogP) is 2.48. The Labute approximate surface area is 152 Å². The van der Waals surface area contributed by atoms with E-state index in [0.29, 0.717) is 18.0 Å². The van der Waals surface area contributed by atoms with Crippen LogP contribution in [0.4, 0.5) is 5.69 Å². The minimum Gasteiger partial charge on any atom is -0.468 e. The minimum atomic E-state index is -3.57. The van der Waals surface area contributed by atoms with Crippen LogP contribution in [0.2, 0.25) is 0 Å². The number of sulfonamides is 1. The number of amides is 1. The third-order valence-electron chi connectivity index (χ3n) is 3.47. The second kappa shape index (κ2) is 8.96. The van der Waals surface area contributed by atoms with Crippen LogP contribution in [0.5, 0.6) is 0 Å². The van der Waals surface area contributed by atoms with Gasteiger partial charge in [-0.3, -0.25) is 9.10 Å². The van der Waals surface area contributed by atoms with E-state index in [1.807, 2.05) is 12.1 Å². The number of hydrogen-bond acceptors (Lipinski definition) is 5. The molecule has 0 unspecified atom stereocenters. The molecule has 0 saturated heterocycles. The molecule has 0 radical (unpaired) electrons. The van der Waals surface area contributed by atoms with Gasteiger partial charge in [-0.15, -0.1) is 0 Å². The summed E-state index contributed by atoms with van der Waals surface area (Å²) < 4.78 is 30.6. The van der Waals surface area contributed by atoms with Gasteiger partial charge >= 0.3 is 0 Å². The van der Waals surface area contributed by atoms with Crippen molar-refractivity contribution in [3.63, 3.8) is 0 Å². The van der Waals surface area contributed by atoms with Crippen molar-refractivity contribution in [1.29, 1.82) is 0 Å². The maximum Gasteiger partial charge on any atom is 0.243 e. The number of benzene rings is 1. The summed E-state index contributed by atoms with van der Waals surface area (Å²) in [6.07, 6.45) is 2.73. The summed E-state index contributed by atoms with van der Waals surface area (Å²) in [5, 5.41) is 2.79. The molecule has 8 heteroatoms. The highest BCUT2D eigenvalue weighted by Gasteiger charge is 2.28. The van der Waals surface area contributed by atoms with Crippen LogP contribution in [0.1, 0.15) is 12.7 Å². The van der Waals surface area contributed by atoms with Crippen LogP contribution in [0.15, 0.2) is 53.1 Å². The number of hydrogen-bond donors (Lipinski definition) is 1. The van der Waals surface area contributed by atoms with Crippen LogP contribution in [-0.4, -0.2) is 38.9 Å². The molecule has 0 aliphatic rings. The van der Waals surface area contributed by atoms with Crippen molar-refractivity contribution in [2.24, 2.45) is 0 Å². The first-order valence-corrected chi connectivity index (χ1v) is 10.8. The Kier molecular flexibility index (Phi) is 6.95. The van der Waals surface area contributed by atoms with Crippen LogP contribution in [-0.2, 0) is 20.6 Å². The van der Waals surface area contributed by atoms with Gasteiger partial charge in [0.05, 0.1) is 24.0 Å². The molecule has 1 N–H and O–H groups in total. The molecule has 136 valence electrons. The highest BCUT2D eigenvalue weighted by Crippen LogP contribution is 2.20. The van der Waals surface area contributed by atoms with E-state index in [9.17, 15) is 13.2 Å². The fourth-order valence-corrected chi connectivity index (χ4v) is 4.28. The van der Waals surface area contributed by atoms with E-state index in [1.54, 1.807) is 55.3 Å². The van der Waals surface area contributed by atoms with E-state index < -0.39 is 16.1 Å².